The fourth-order valence-corrected chi connectivity index (χ4v) is 4.05. The minimum absolute atomic E-state index is 0.674. The molecule has 1 atom stereocenters. The number of piperazine rings is 1. The molecule has 1 saturated heterocycles. The zero-order valence-electron chi connectivity index (χ0n) is 13.8. The van der Waals surface area contributed by atoms with Gasteiger partial charge in [-0.2, -0.15) is 0 Å². The monoisotopic (exact) mass is 291 g/mol. The van der Waals surface area contributed by atoms with Crippen LogP contribution >= 0.6 is 0 Å². The van der Waals surface area contributed by atoms with Crippen LogP contribution in [-0.2, 0) is 13.1 Å². The second-order valence-corrected chi connectivity index (χ2v) is 6.70. The van der Waals surface area contributed by atoms with E-state index in [1.807, 2.05) is 4.68 Å². The van der Waals surface area contributed by atoms with Gasteiger partial charge in [-0.05, 0) is 33.6 Å². The van der Waals surface area contributed by atoms with Crippen LogP contribution in [0.3, 0.4) is 0 Å². The van der Waals surface area contributed by atoms with Crippen LogP contribution in [0.15, 0.2) is 0 Å². The first kappa shape index (κ1) is 15.0. The molecule has 3 rings (SSSR count). The van der Waals surface area contributed by atoms with Crippen molar-refractivity contribution in [2.24, 2.45) is 0 Å². The molecule has 21 heavy (non-hydrogen) atoms. The van der Waals surface area contributed by atoms with Crippen molar-refractivity contribution in [3.8, 4) is 0 Å². The SMILES string of the molecule is CCn1nnc(C)c1CN1CCN(C2CCCC2)C(C)C1. The van der Waals surface area contributed by atoms with Crippen molar-refractivity contribution in [2.45, 2.75) is 71.6 Å². The van der Waals surface area contributed by atoms with Crippen LogP contribution in [0.1, 0.15) is 50.9 Å². The van der Waals surface area contributed by atoms with E-state index in [0.29, 0.717) is 6.04 Å². The summed E-state index contributed by atoms with van der Waals surface area (Å²) in [5.41, 5.74) is 2.38. The van der Waals surface area contributed by atoms with Gasteiger partial charge in [0.1, 0.15) is 0 Å². The maximum Gasteiger partial charge on any atom is 0.0841 e. The molecule has 1 aliphatic heterocycles. The van der Waals surface area contributed by atoms with E-state index < -0.39 is 0 Å². The molecule has 5 heteroatoms. The predicted molar refractivity (Wildman–Crippen MR) is 84.1 cm³/mol. The van der Waals surface area contributed by atoms with Crippen LogP contribution in [-0.4, -0.2) is 56.5 Å². The highest BCUT2D eigenvalue weighted by molar-refractivity contribution is 5.08. The lowest BCUT2D eigenvalue weighted by atomic mass is 10.1. The Kier molecular flexibility index (Phi) is 4.60. The molecule has 2 fully saturated rings. The molecule has 1 unspecified atom stereocenters. The predicted octanol–water partition coefficient (Wildman–Crippen LogP) is 2.06. The van der Waals surface area contributed by atoms with Gasteiger partial charge in [0.2, 0.25) is 0 Å². The Morgan fingerprint density at radius 1 is 1.19 bits per heavy atom. The van der Waals surface area contributed by atoms with Gasteiger partial charge in [0.15, 0.2) is 0 Å². The van der Waals surface area contributed by atoms with E-state index in [4.69, 9.17) is 0 Å². The normalized spacial score (nSPS) is 25.8. The molecule has 1 aromatic heterocycles. The van der Waals surface area contributed by atoms with E-state index in [9.17, 15) is 0 Å². The van der Waals surface area contributed by atoms with Crippen LogP contribution in [0.5, 0.6) is 0 Å². The smallest absolute Gasteiger partial charge is 0.0841 e. The van der Waals surface area contributed by atoms with Gasteiger partial charge in [-0.1, -0.05) is 18.1 Å². The molecule has 2 heterocycles. The molecule has 5 nitrogen and oxygen atoms in total. The van der Waals surface area contributed by atoms with Crippen molar-refractivity contribution in [3.63, 3.8) is 0 Å². The molecule has 2 aliphatic rings. The Morgan fingerprint density at radius 3 is 2.62 bits per heavy atom. The Labute approximate surface area is 128 Å². The summed E-state index contributed by atoms with van der Waals surface area (Å²) in [6, 6.07) is 1.53. The molecule has 1 saturated carbocycles. The van der Waals surface area contributed by atoms with Crippen molar-refractivity contribution in [2.75, 3.05) is 19.6 Å². The molecule has 1 aromatic rings. The highest BCUT2D eigenvalue weighted by atomic mass is 15.4. The number of aromatic nitrogens is 3. The molecule has 118 valence electrons. The third-order valence-corrected chi connectivity index (χ3v) is 5.26. The van der Waals surface area contributed by atoms with Crippen molar-refractivity contribution in [3.05, 3.63) is 11.4 Å². The van der Waals surface area contributed by atoms with Crippen molar-refractivity contribution in [1.82, 2.24) is 24.8 Å². The van der Waals surface area contributed by atoms with Crippen LogP contribution in [0.25, 0.3) is 0 Å². The molecule has 0 bridgehead atoms. The second-order valence-electron chi connectivity index (χ2n) is 6.70. The lowest BCUT2D eigenvalue weighted by Crippen LogP contribution is -2.54. The highest BCUT2D eigenvalue weighted by Crippen LogP contribution is 2.27. The van der Waals surface area contributed by atoms with Gasteiger partial charge in [0.05, 0.1) is 11.4 Å². The number of aryl methyl sites for hydroxylation is 2. The first-order valence-corrected chi connectivity index (χ1v) is 8.56. The molecular weight excluding hydrogens is 262 g/mol. The molecule has 0 spiro atoms. The standard InChI is InChI=1S/C16H29N5/c1-4-21-16(14(3)17-18-21)12-19-9-10-20(13(2)11-19)15-7-5-6-8-15/h13,15H,4-12H2,1-3H3. The summed E-state index contributed by atoms with van der Waals surface area (Å²) < 4.78 is 2.04. The van der Waals surface area contributed by atoms with E-state index in [1.165, 1.54) is 51.0 Å². The zero-order valence-corrected chi connectivity index (χ0v) is 13.8. The largest absolute Gasteiger partial charge is 0.295 e. The topological polar surface area (TPSA) is 37.2 Å². The summed E-state index contributed by atoms with van der Waals surface area (Å²) in [7, 11) is 0. The summed E-state index contributed by atoms with van der Waals surface area (Å²) in [4.78, 5) is 5.33. The van der Waals surface area contributed by atoms with Gasteiger partial charge in [-0.3, -0.25) is 9.80 Å². The van der Waals surface area contributed by atoms with Crippen LogP contribution in [0.2, 0.25) is 0 Å². The van der Waals surface area contributed by atoms with E-state index in [2.05, 4.69) is 40.9 Å². The molecule has 0 radical (unpaired) electrons. The molecule has 0 N–H and O–H groups in total. The van der Waals surface area contributed by atoms with Crippen molar-refractivity contribution in [1.29, 1.82) is 0 Å². The molecule has 1 aliphatic carbocycles. The second kappa shape index (κ2) is 6.44. The van der Waals surface area contributed by atoms with Gasteiger partial charge < -0.3 is 0 Å². The fraction of sp³-hybridized carbons (Fsp3) is 0.875. The maximum absolute atomic E-state index is 4.23. The first-order valence-electron chi connectivity index (χ1n) is 8.56. The van der Waals surface area contributed by atoms with Crippen LogP contribution in [0.4, 0.5) is 0 Å². The van der Waals surface area contributed by atoms with Gasteiger partial charge in [-0.15, -0.1) is 5.10 Å². The van der Waals surface area contributed by atoms with E-state index in [-0.39, 0.29) is 0 Å². The van der Waals surface area contributed by atoms with Gasteiger partial charge in [-0.25, -0.2) is 4.68 Å². The quantitative estimate of drug-likeness (QED) is 0.851. The van der Waals surface area contributed by atoms with Crippen LogP contribution in [0, 0.1) is 6.92 Å². The average Bonchev–Trinajstić information content (AvgIpc) is 3.10. The lowest BCUT2D eigenvalue weighted by Gasteiger charge is -2.43. The van der Waals surface area contributed by atoms with E-state index >= 15 is 0 Å². The molecule has 0 amide bonds. The van der Waals surface area contributed by atoms with Crippen molar-refractivity contribution < 1.29 is 0 Å². The van der Waals surface area contributed by atoms with Crippen LogP contribution < -0.4 is 0 Å². The molecule has 0 aromatic carbocycles. The van der Waals surface area contributed by atoms with Gasteiger partial charge in [0, 0.05) is 44.8 Å². The van der Waals surface area contributed by atoms with E-state index in [1.54, 1.807) is 0 Å². The highest BCUT2D eigenvalue weighted by Gasteiger charge is 2.31. The number of rotatable bonds is 4. The minimum atomic E-state index is 0.674. The Balaban J connectivity index is 1.60. The fourth-order valence-electron chi connectivity index (χ4n) is 4.05. The number of nitrogens with zero attached hydrogens (tertiary/aromatic N) is 5. The third kappa shape index (κ3) is 3.14. The zero-order chi connectivity index (χ0) is 14.8. The summed E-state index contributed by atoms with van der Waals surface area (Å²) in [6.45, 7) is 12.1. The molecular formula is C16H29N5. The summed E-state index contributed by atoms with van der Waals surface area (Å²) in [6.07, 6.45) is 5.68. The number of hydrogen-bond donors (Lipinski definition) is 0. The van der Waals surface area contributed by atoms with Gasteiger partial charge >= 0.3 is 0 Å². The van der Waals surface area contributed by atoms with Gasteiger partial charge in [0.25, 0.3) is 0 Å². The summed E-state index contributed by atoms with van der Waals surface area (Å²) in [5.74, 6) is 0. The Hall–Kier alpha value is -0.940. The van der Waals surface area contributed by atoms with Crippen molar-refractivity contribution >= 4 is 0 Å². The average molecular weight is 291 g/mol. The Bertz CT molecular complexity index is 463. The summed E-state index contributed by atoms with van der Waals surface area (Å²) >= 11 is 0. The summed E-state index contributed by atoms with van der Waals surface area (Å²) in [5, 5.41) is 8.45. The first-order chi connectivity index (χ1) is 10.2. The Morgan fingerprint density at radius 2 is 1.95 bits per heavy atom. The minimum Gasteiger partial charge on any atom is -0.295 e. The lowest BCUT2D eigenvalue weighted by molar-refractivity contribution is 0.0459. The number of hydrogen-bond acceptors (Lipinski definition) is 4. The maximum atomic E-state index is 4.23. The third-order valence-electron chi connectivity index (χ3n) is 5.26. The van der Waals surface area contributed by atoms with E-state index in [0.717, 1.165) is 24.8 Å².